The molecule has 0 aliphatic rings. The minimum atomic E-state index is -1.48. The van der Waals surface area contributed by atoms with Crippen molar-refractivity contribution in [2.45, 2.75) is 84.2 Å². The van der Waals surface area contributed by atoms with Crippen LogP contribution >= 0.6 is 0 Å². The molecule has 2 rings (SSSR count). The maximum absolute atomic E-state index is 12.8. The molecule has 0 aliphatic heterocycles. The van der Waals surface area contributed by atoms with Crippen LogP contribution in [0.25, 0.3) is 0 Å². The van der Waals surface area contributed by atoms with E-state index in [2.05, 4.69) is 6.92 Å². The molecule has 2 aromatic carbocycles. The van der Waals surface area contributed by atoms with Crippen LogP contribution in [0.3, 0.4) is 0 Å². The predicted molar refractivity (Wildman–Crippen MR) is 144 cm³/mol. The first-order valence-corrected chi connectivity index (χ1v) is 13.3. The first-order chi connectivity index (χ1) is 17.4. The van der Waals surface area contributed by atoms with E-state index < -0.39 is 11.9 Å². The highest BCUT2D eigenvalue weighted by Crippen LogP contribution is 2.14. The third-order valence-electron chi connectivity index (χ3n) is 6.45. The summed E-state index contributed by atoms with van der Waals surface area (Å²) in [6.07, 6.45) is 12.6. The summed E-state index contributed by atoms with van der Waals surface area (Å²) in [5.41, 5.74) is 2.22. The van der Waals surface area contributed by atoms with E-state index in [0.717, 1.165) is 30.5 Å². The maximum atomic E-state index is 12.8. The Morgan fingerprint density at radius 3 is 1.72 bits per heavy atom. The lowest BCUT2D eigenvalue weighted by atomic mass is 10.1. The van der Waals surface area contributed by atoms with Crippen LogP contribution in [0.4, 0.5) is 0 Å². The van der Waals surface area contributed by atoms with E-state index in [-0.39, 0.29) is 19.0 Å². The topological polar surface area (TPSA) is 77.9 Å². The van der Waals surface area contributed by atoms with Gasteiger partial charge in [0.15, 0.2) is 0 Å². The molecule has 0 atom stereocenters. The number of amides is 2. The summed E-state index contributed by atoms with van der Waals surface area (Å²) in [4.78, 5) is 39.4. The van der Waals surface area contributed by atoms with E-state index in [0.29, 0.717) is 5.56 Å². The van der Waals surface area contributed by atoms with E-state index in [9.17, 15) is 19.5 Å². The SMILES string of the molecule is CCCCCCCCCCCCN(C)C(=O)c1ccc(CN(Cc2ccccc2)C(=O)C(=O)O)cc1. The Morgan fingerprint density at radius 2 is 1.19 bits per heavy atom. The summed E-state index contributed by atoms with van der Waals surface area (Å²) in [6, 6.07) is 16.4. The lowest BCUT2D eigenvalue weighted by molar-refractivity contribution is -0.156. The minimum Gasteiger partial charge on any atom is -0.474 e. The summed E-state index contributed by atoms with van der Waals surface area (Å²) in [5, 5.41) is 9.22. The Hall–Kier alpha value is -3.15. The molecule has 2 aromatic rings. The average Bonchev–Trinajstić information content (AvgIpc) is 2.89. The molecule has 196 valence electrons. The highest BCUT2D eigenvalue weighted by Gasteiger charge is 2.21. The summed E-state index contributed by atoms with van der Waals surface area (Å²) in [6.45, 7) is 3.33. The second-order valence-electron chi connectivity index (χ2n) is 9.56. The molecule has 0 saturated carbocycles. The van der Waals surface area contributed by atoms with Crippen molar-refractivity contribution >= 4 is 17.8 Å². The summed E-state index contributed by atoms with van der Waals surface area (Å²) in [7, 11) is 1.83. The number of carboxylic acids is 1. The van der Waals surface area contributed by atoms with Crippen LogP contribution in [-0.2, 0) is 22.7 Å². The molecule has 0 heterocycles. The van der Waals surface area contributed by atoms with Crippen LogP contribution in [0.5, 0.6) is 0 Å². The molecule has 0 bridgehead atoms. The van der Waals surface area contributed by atoms with Gasteiger partial charge in [0.05, 0.1) is 0 Å². The second-order valence-corrected chi connectivity index (χ2v) is 9.56. The summed E-state index contributed by atoms with van der Waals surface area (Å²) >= 11 is 0. The highest BCUT2D eigenvalue weighted by molar-refractivity contribution is 6.31. The quantitative estimate of drug-likeness (QED) is 0.220. The number of hydrogen-bond donors (Lipinski definition) is 1. The van der Waals surface area contributed by atoms with E-state index in [1.165, 1.54) is 56.3 Å². The van der Waals surface area contributed by atoms with Crippen molar-refractivity contribution in [3.8, 4) is 0 Å². The molecular weight excluding hydrogens is 452 g/mol. The Kier molecular flexibility index (Phi) is 13.3. The fraction of sp³-hybridized carbons (Fsp3) is 0.500. The molecular formula is C30H42N2O4. The number of carbonyl (C=O) groups is 3. The van der Waals surface area contributed by atoms with Gasteiger partial charge in [-0.05, 0) is 29.7 Å². The number of carbonyl (C=O) groups excluding carboxylic acids is 2. The van der Waals surface area contributed by atoms with Gasteiger partial charge in [-0.3, -0.25) is 9.59 Å². The number of unbranched alkanes of at least 4 members (excludes halogenated alkanes) is 9. The molecule has 36 heavy (non-hydrogen) atoms. The number of nitrogens with zero attached hydrogens (tertiary/aromatic N) is 2. The molecule has 0 radical (unpaired) electrons. The lowest BCUT2D eigenvalue weighted by Gasteiger charge is -2.21. The van der Waals surface area contributed by atoms with Gasteiger partial charge < -0.3 is 14.9 Å². The van der Waals surface area contributed by atoms with Crippen molar-refractivity contribution in [2.24, 2.45) is 0 Å². The van der Waals surface area contributed by atoms with E-state index >= 15 is 0 Å². The number of benzene rings is 2. The van der Waals surface area contributed by atoms with Crippen molar-refractivity contribution < 1.29 is 19.5 Å². The van der Waals surface area contributed by atoms with Crippen molar-refractivity contribution in [1.29, 1.82) is 0 Å². The second kappa shape index (κ2) is 16.5. The van der Waals surface area contributed by atoms with Crippen molar-refractivity contribution in [3.63, 3.8) is 0 Å². The maximum Gasteiger partial charge on any atom is 0.394 e. The van der Waals surface area contributed by atoms with Crippen LogP contribution in [0.2, 0.25) is 0 Å². The zero-order valence-electron chi connectivity index (χ0n) is 22.0. The molecule has 0 saturated heterocycles. The smallest absolute Gasteiger partial charge is 0.394 e. The fourth-order valence-corrected chi connectivity index (χ4v) is 4.27. The fourth-order valence-electron chi connectivity index (χ4n) is 4.27. The Balaban J connectivity index is 1.78. The normalized spacial score (nSPS) is 10.7. The number of hydrogen-bond acceptors (Lipinski definition) is 3. The van der Waals surface area contributed by atoms with Gasteiger partial charge in [-0.2, -0.15) is 0 Å². The molecule has 6 heteroatoms. The van der Waals surface area contributed by atoms with Crippen molar-refractivity contribution in [1.82, 2.24) is 9.80 Å². The van der Waals surface area contributed by atoms with Crippen molar-refractivity contribution in [2.75, 3.05) is 13.6 Å². The van der Waals surface area contributed by atoms with Crippen molar-refractivity contribution in [3.05, 3.63) is 71.3 Å². The first-order valence-electron chi connectivity index (χ1n) is 13.3. The van der Waals surface area contributed by atoms with Gasteiger partial charge in [0.1, 0.15) is 0 Å². The van der Waals surface area contributed by atoms with E-state index in [1.807, 2.05) is 37.4 Å². The molecule has 2 amide bonds. The third kappa shape index (κ3) is 10.6. The van der Waals surface area contributed by atoms with Crippen LogP contribution < -0.4 is 0 Å². The van der Waals surface area contributed by atoms with E-state index in [4.69, 9.17) is 0 Å². The van der Waals surface area contributed by atoms with Gasteiger partial charge in [-0.15, -0.1) is 0 Å². The predicted octanol–water partition coefficient (Wildman–Crippen LogP) is 6.29. The molecule has 0 spiro atoms. The van der Waals surface area contributed by atoms with Crippen LogP contribution in [0.15, 0.2) is 54.6 Å². The molecule has 0 unspecified atom stereocenters. The van der Waals surface area contributed by atoms with Crippen LogP contribution in [-0.4, -0.2) is 46.3 Å². The zero-order chi connectivity index (χ0) is 26.2. The van der Waals surface area contributed by atoms with E-state index in [1.54, 1.807) is 29.2 Å². The van der Waals surface area contributed by atoms with Gasteiger partial charge in [-0.1, -0.05) is 107 Å². The third-order valence-corrected chi connectivity index (χ3v) is 6.45. The molecule has 0 aliphatic carbocycles. The zero-order valence-corrected chi connectivity index (χ0v) is 22.0. The van der Waals surface area contributed by atoms with Gasteiger partial charge >= 0.3 is 11.9 Å². The highest BCUT2D eigenvalue weighted by atomic mass is 16.4. The number of rotatable bonds is 16. The molecule has 1 N–H and O–H groups in total. The van der Waals surface area contributed by atoms with Crippen LogP contribution in [0, 0.1) is 0 Å². The van der Waals surface area contributed by atoms with Gasteiger partial charge in [-0.25, -0.2) is 4.79 Å². The molecule has 0 fully saturated rings. The van der Waals surface area contributed by atoms with Crippen LogP contribution in [0.1, 0.15) is 92.6 Å². The average molecular weight is 495 g/mol. The molecule has 0 aromatic heterocycles. The molecule has 6 nitrogen and oxygen atoms in total. The number of carboxylic acid groups (broad SMARTS) is 1. The standard InChI is InChI=1S/C30H42N2O4/c1-3-4-5-6-7-8-9-10-11-15-22-31(2)28(33)27-20-18-26(19-21-27)24-32(29(34)30(35)36)23-25-16-13-12-14-17-25/h12-14,16-21H,3-11,15,22-24H2,1-2H3,(H,35,36). The monoisotopic (exact) mass is 494 g/mol. The Bertz CT molecular complexity index is 928. The number of aliphatic carboxylic acids is 1. The summed E-state index contributed by atoms with van der Waals surface area (Å²) < 4.78 is 0. The minimum absolute atomic E-state index is 0.0276. The van der Waals surface area contributed by atoms with Gasteiger partial charge in [0.25, 0.3) is 5.91 Å². The lowest BCUT2D eigenvalue weighted by Crippen LogP contribution is -2.35. The Labute approximate surface area is 216 Å². The Morgan fingerprint density at radius 1 is 0.694 bits per heavy atom. The first kappa shape index (κ1) is 29.1. The van der Waals surface area contributed by atoms with Gasteiger partial charge in [0.2, 0.25) is 0 Å². The largest absolute Gasteiger partial charge is 0.474 e. The van der Waals surface area contributed by atoms with Gasteiger partial charge in [0, 0.05) is 32.2 Å². The summed E-state index contributed by atoms with van der Waals surface area (Å²) in [5.74, 6) is -2.46.